The SMILES string of the molecule is NC(=O)c1ccc(CSc2nncc3ccccc23)cc1. The fraction of sp³-hybridized carbons (Fsp3) is 0.0625. The molecule has 0 radical (unpaired) electrons. The predicted molar refractivity (Wildman–Crippen MR) is 84.1 cm³/mol. The molecule has 0 aliphatic rings. The Labute approximate surface area is 126 Å². The van der Waals surface area contributed by atoms with Gasteiger partial charge in [-0.2, -0.15) is 5.10 Å². The maximum Gasteiger partial charge on any atom is 0.248 e. The number of rotatable bonds is 4. The molecule has 1 aromatic heterocycles. The molecule has 3 aromatic rings. The molecule has 4 nitrogen and oxygen atoms in total. The zero-order valence-electron chi connectivity index (χ0n) is 11.2. The van der Waals surface area contributed by atoms with Crippen molar-refractivity contribution in [2.45, 2.75) is 10.8 Å². The summed E-state index contributed by atoms with van der Waals surface area (Å²) in [7, 11) is 0. The van der Waals surface area contributed by atoms with Gasteiger partial charge in [0.1, 0.15) is 5.03 Å². The molecule has 104 valence electrons. The van der Waals surface area contributed by atoms with Gasteiger partial charge < -0.3 is 5.73 Å². The first-order valence-electron chi connectivity index (χ1n) is 6.46. The van der Waals surface area contributed by atoms with Crippen molar-refractivity contribution in [2.24, 2.45) is 5.73 Å². The number of aromatic nitrogens is 2. The highest BCUT2D eigenvalue weighted by atomic mass is 32.2. The molecule has 0 unspecified atom stereocenters. The summed E-state index contributed by atoms with van der Waals surface area (Å²) >= 11 is 1.63. The summed E-state index contributed by atoms with van der Waals surface area (Å²) in [5, 5.41) is 11.3. The monoisotopic (exact) mass is 295 g/mol. The largest absolute Gasteiger partial charge is 0.366 e. The summed E-state index contributed by atoms with van der Waals surface area (Å²) in [4.78, 5) is 11.0. The molecule has 0 aliphatic carbocycles. The fourth-order valence-corrected chi connectivity index (χ4v) is 2.97. The Balaban J connectivity index is 1.79. The predicted octanol–water partition coefficient (Wildman–Crippen LogP) is 3.02. The van der Waals surface area contributed by atoms with E-state index in [1.165, 1.54) is 0 Å². The smallest absolute Gasteiger partial charge is 0.248 e. The maximum absolute atomic E-state index is 11.0. The number of benzene rings is 2. The number of thioether (sulfide) groups is 1. The van der Waals surface area contributed by atoms with Gasteiger partial charge in [-0.3, -0.25) is 4.79 Å². The van der Waals surface area contributed by atoms with Gasteiger partial charge in [0.25, 0.3) is 0 Å². The first-order valence-corrected chi connectivity index (χ1v) is 7.44. The quantitative estimate of drug-likeness (QED) is 0.751. The number of amides is 1. The van der Waals surface area contributed by atoms with Crippen LogP contribution in [0.25, 0.3) is 10.8 Å². The van der Waals surface area contributed by atoms with E-state index >= 15 is 0 Å². The Morgan fingerprint density at radius 1 is 1.10 bits per heavy atom. The highest BCUT2D eigenvalue weighted by Crippen LogP contribution is 2.27. The first-order chi connectivity index (χ1) is 10.2. The molecule has 0 spiro atoms. The van der Waals surface area contributed by atoms with Crippen LogP contribution in [0, 0.1) is 0 Å². The van der Waals surface area contributed by atoms with Crippen LogP contribution < -0.4 is 5.73 Å². The standard InChI is InChI=1S/C16H13N3OS/c17-15(20)12-7-5-11(6-8-12)10-21-16-14-4-2-1-3-13(14)9-18-19-16/h1-9H,10H2,(H2,17,20). The van der Waals surface area contributed by atoms with Gasteiger partial charge in [0.05, 0.1) is 6.20 Å². The second-order valence-electron chi connectivity index (χ2n) is 4.59. The first kappa shape index (κ1) is 13.6. The molecule has 0 saturated heterocycles. The number of nitrogens with two attached hydrogens (primary N) is 1. The van der Waals surface area contributed by atoms with E-state index in [4.69, 9.17) is 5.73 Å². The van der Waals surface area contributed by atoms with E-state index in [0.717, 1.165) is 27.1 Å². The van der Waals surface area contributed by atoms with E-state index in [2.05, 4.69) is 10.2 Å². The van der Waals surface area contributed by atoms with Crippen LogP contribution in [0.1, 0.15) is 15.9 Å². The molecule has 3 rings (SSSR count). The highest BCUT2D eigenvalue weighted by molar-refractivity contribution is 7.98. The van der Waals surface area contributed by atoms with Crippen LogP contribution in [0.15, 0.2) is 59.8 Å². The number of fused-ring (bicyclic) bond motifs is 1. The average molecular weight is 295 g/mol. The molecule has 0 bridgehead atoms. The minimum atomic E-state index is -0.408. The van der Waals surface area contributed by atoms with Crippen molar-refractivity contribution in [2.75, 3.05) is 0 Å². The Morgan fingerprint density at radius 2 is 1.86 bits per heavy atom. The second kappa shape index (κ2) is 5.93. The van der Waals surface area contributed by atoms with E-state index in [9.17, 15) is 4.79 Å². The average Bonchev–Trinajstić information content (AvgIpc) is 2.53. The van der Waals surface area contributed by atoms with Gasteiger partial charge in [-0.1, -0.05) is 48.2 Å². The lowest BCUT2D eigenvalue weighted by atomic mass is 10.1. The van der Waals surface area contributed by atoms with Gasteiger partial charge in [-0.15, -0.1) is 5.10 Å². The van der Waals surface area contributed by atoms with E-state index in [1.54, 1.807) is 30.1 Å². The van der Waals surface area contributed by atoms with Crippen LogP contribution in [0.3, 0.4) is 0 Å². The van der Waals surface area contributed by atoms with Crippen LogP contribution in [0.4, 0.5) is 0 Å². The number of hydrogen-bond acceptors (Lipinski definition) is 4. The normalized spacial score (nSPS) is 10.7. The molecular formula is C16H13N3OS. The zero-order chi connectivity index (χ0) is 14.7. The zero-order valence-corrected chi connectivity index (χ0v) is 12.0. The van der Waals surface area contributed by atoms with Crippen LogP contribution in [0.5, 0.6) is 0 Å². The van der Waals surface area contributed by atoms with Gasteiger partial charge in [-0.25, -0.2) is 0 Å². The van der Waals surface area contributed by atoms with E-state index in [0.29, 0.717) is 5.56 Å². The summed E-state index contributed by atoms with van der Waals surface area (Å²) < 4.78 is 0. The molecule has 2 aromatic carbocycles. The lowest BCUT2D eigenvalue weighted by molar-refractivity contribution is 0.100. The number of carbonyl (C=O) groups is 1. The molecule has 0 saturated carbocycles. The van der Waals surface area contributed by atoms with Gasteiger partial charge in [0, 0.05) is 22.1 Å². The maximum atomic E-state index is 11.0. The third-order valence-corrected chi connectivity index (χ3v) is 4.20. The van der Waals surface area contributed by atoms with Crippen molar-refractivity contribution < 1.29 is 4.79 Å². The number of nitrogens with zero attached hydrogens (tertiary/aromatic N) is 2. The highest BCUT2D eigenvalue weighted by Gasteiger charge is 2.05. The number of hydrogen-bond donors (Lipinski definition) is 1. The van der Waals surface area contributed by atoms with Crippen molar-refractivity contribution in [3.8, 4) is 0 Å². The lowest BCUT2D eigenvalue weighted by Gasteiger charge is -2.05. The summed E-state index contributed by atoms with van der Waals surface area (Å²) in [5.41, 5.74) is 6.86. The molecule has 1 amide bonds. The third-order valence-electron chi connectivity index (χ3n) is 3.15. The Hall–Kier alpha value is -2.40. The van der Waals surface area contributed by atoms with Gasteiger partial charge in [0.15, 0.2) is 0 Å². The van der Waals surface area contributed by atoms with E-state index in [1.807, 2.05) is 36.4 Å². The van der Waals surface area contributed by atoms with Crippen molar-refractivity contribution >= 4 is 28.4 Å². The third kappa shape index (κ3) is 3.03. The molecular weight excluding hydrogens is 282 g/mol. The van der Waals surface area contributed by atoms with Gasteiger partial charge in [0.2, 0.25) is 5.91 Å². The van der Waals surface area contributed by atoms with Gasteiger partial charge >= 0.3 is 0 Å². The number of carbonyl (C=O) groups excluding carboxylic acids is 1. The molecule has 5 heteroatoms. The summed E-state index contributed by atoms with van der Waals surface area (Å²) in [6.45, 7) is 0. The van der Waals surface area contributed by atoms with E-state index < -0.39 is 5.91 Å². The van der Waals surface area contributed by atoms with Crippen molar-refractivity contribution in [1.82, 2.24) is 10.2 Å². The fourth-order valence-electron chi connectivity index (χ4n) is 2.03. The molecule has 1 heterocycles. The van der Waals surface area contributed by atoms with Crippen molar-refractivity contribution in [3.05, 3.63) is 65.9 Å². The second-order valence-corrected chi connectivity index (χ2v) is 5.55. The summed E-state index contributed by atoms with van der Waals surface area (Å²) in [6, 6.07) is 15.4. The molecule has 21 heavy (non-hydrogen) atoms. The van der Waals surface area contributed by atoms with Crippen LogP contribution in [-0.4, -0.2) is 16.1 Å². The topological polar surface area (TPSA) is 68.9 Å². The molecule has 2 N–H and O–H groups in total. The Kier molecular flexibility index (Phi) is 3.83. The van der Waals surface area contributed by atoms with E-state index in [-0.39, 0.29) is 0 Å². The molecule has 0 aliphatic heterocycles. The molecule has 0 atom stereocenters. The van der Waals surface area contributed by atoms with Crippen LogP contribution >= 0.6 is 11.8 Å². The summed E-state index contributed by atoms with van der Waals surface area (Å²) in [5.74, 6) is 0.357. The van der Waals surface area contributed by atoms with Crippen molar-refractivity contribution in [1.29, 1.82) is 0 Å². The van der Waals surface area contributed by atoms with Crippen LogP contribution in [-0.2, 0) is 5.75 Å². The minimum Gasteiger partial charge on any atom is -0.366 e. The minimum absolute atomic E-state index is 0.408. The Morgan fingerprint density at radius 3 is 2.62 bits per heavy atom. The van der Waals surface area contributed by atoms with Gasteiger partial charge in [-0.05, 0) is 17.7 Å². The van der Waals surface area contributed by atoms with Crippen molar-refractivity contribution in [3.63, 3.8) is 0 Å². The Bertz CT molecular complexity index is 782. The van der Waals surface area contributed by atoms with Crippen LogP contribution in [0.2, 0.25) is 0 Å². The lowest BCUT2D eigenvalue weighted by Crippen LogP contribution is -2.10. The number of primary amides is 1. The molecule has 0 fully saturated rings. The summed E-state index contributed by atoms with van der Waals surface area (Å²) in [6.07, 6.45) is 1.76.